The Hall–Kier alpha value is -1.35. The molecule has 0 aliphatic rings. The third-order valence-electron chi connectivity index (χ3n) is 3.11. The van der Waals surface area contributed by atoms with Crippen molar-refractivity contribution in [3.05, 3.63) is 95.5 Å². The normalized spacial score (nSPS) is 10.8. The molecule has 0 fully saturated rings. The van der Waals surface area contributed by atoms with Crippen LogP contribution in [0.2, 0.25) is 5.02 Å². The predicted octanol–water partition coefficient (Wildman–Crippen LogP) is 6.92. The van der Waals surface area contributed by atoms with Gasteiger partial charge in [0.1, 0.15) is 0 Å². The highest BCUT2D eigenvalue weighted by Crippen LogP contribution is 2.46. The van der Waals surface area contributed by atoms with E-state index in [4.69, 9.17) is 11.6 Å². The number of hydrogen-bond donors (Lipinski definition) is 0. The minimum atomic E-state index is 0.294. The van der Waals surface area contributed by atoms with Gasteiger partial charge in [-0.3, -0.25) is 0 Å². The summed E-state index contributed by atoms with van der Waals surface area (Å²) in [7, 11) is 0. The lowest BCUT2D eigenvalue weighted by atomic mass is 10.2. The minimum absolute atomic E-state index is 0.294. The fourth-order valence-corrected chi connectivity index (χ4v) is 4.72. The van der Waals surface area contributed by atoms with Crippen LogP contribution in [0.25, 0.3) is 0 Å². The third kappa shape index (κ3) is 4.33. The number of rotatable bonds is 5. The highest BCUT2D eigenvalue weighted by atomic mass is 35.5. The van der Waals surface area contributed by atoms with Crippen LogP contribution in [-0.2, 0) is 0 Å². The Labute approximate surface area is 144 Å². The van der Waals surface area contributed by atoms with E-state index in [9.17, 15) is 0 Å². The van der Waals surface area contributed by atoms with Crippen molar-refractivity contribution < 1.29 is 0 Å². The summed E-state index contributed by atoms with van der Waals surface area (Å²) in [6.45, 7) is 0. The van der Waals surface area contributed by atoms with Crippen molar-refractivity contribution in [1.29, 1.82) is 0 Å². The average molecular weight is 343 g/mol. The molecule has 0 aliphatic carbocycles. The van der Waals surface area contributed by atoms with Gasteiger partial charge >= 0.3 is 0 Å². The second-order valence-corrected chi connectivity index (χ2v) is 7.84. The largest absolute Gasteiger partial charge is 0.107 e. The van der Waals surface area contributed by atoms with Gasteiger partial charge in [-0.05, 0) is 42.0 Å². The standard InChI is InChI=1S/C19H15ClS2/c20-16-13-11-15(12-14-16)19(21-17-7-3-1-4-8-17)22-18-9-5-2-6-10-18/h1-14,19H. The SMILES string of the molecule is Clc1ccc(C(Sc2ccccc2)Sc2ccccc2)cc1. The summed E-state index contributed by atoms with van der Waals surface area (Å²) in [6, 6.07) is 29.2. The first-order chi connectivity index (χ1) is 10.8. The fourth-order valence-electron chi connectivity index (χ4n) is 2.03. The van der Waals surface area contributed by atoms with Crippen LogP contribution in [0.15, 0.2) is 94.7 Å². The van der Waals surface area contributed by atoms with Crippen LogP contribution in [0.5, 0.6) is 0 Å². The van der Waals surface area contributed by atoms with Crippen molar-refractivity contribution >= 4 is 35.1 Å². The zero-order valence-electron chi connectivity index (χ0n) is 11.9. The van der Waals surface area contributed by atoms with Crippen LogP contribution >= 0.6 is 35.1 Å². The average Bonchev–Trinajstić information content (AvgIpc) is 2.57. The van der Waals surface area contributed by atoms with Gasteiger partial charge in [-0.2, -0.15) is 0 Å². The fraction of sp³-hybridized carbons (Fsp3) is 0.0526. The van der Waals surface area contributed by atoms with E-state index in [1.54, 1.807) is 0 Å². The third-order valence-corrected chi connectivity index (χ3v) is 6.01. The molecule has 0 bridgehead atoms. The molecule has 0 atom stereocenters. The number of halogens is 1. The van der Waals surface area contributed by atoms with Crippen molar-refractivity contribution in [2.75, 3.05) is 0 Å². The van der Waals surface area contributed by atoms with Crippen LogP contribution in [-0.4, -0.2) is 0 Å². The van der Waals surface area contributed by atoms with Gasteiger partial charge in [0.05, 0.1) is 4.58 Å². The molecule has 22 heavy (non-hydrogen) atoms. The Morgan fingerprint density at radius 2 is 1.05 bits per heavy atom. The molecule has 0 aromatic heterocycles. The zero-order chi connectivity index (χ0) is 15.2. The first-order valence-electron chi connectivity index (χ1n) is 7.00. The smallest absolute Gasteiger partial charge is 0.0845 e. The Morgan fingerprint density at radius 3 is 1.50 bits per heavy atom. The lowest BCUT2D eigenvalue weighted by Crippen LogP contribution is -1.89. The molecule has 3 heteroatoms. The summed E-state index contributed by atoms with van der Waals surface area (Å²) in [5, 5.41) is 0.775. The molecule has 0 unspecified atom stereocenters. The lowest BCUT2D eigenvalue weighted by molar-refractivity contribution is 1.33. The molecule has 0 spiro atoms. The van der Waals surface area contributed by atoms with Crippen molar-refractivity contribution in [1.82, 2.24) is 0 Å². The first kappa shape index (κ1) is 15.5. The van der Waals surface area contributed by atoms with Crippen LogP contribution in [0, 0.1) is 0 Å². The summed E-state index contributed by atoms with van der Waals surface area (Å²) in [5.74, 6) is 0. The molecule has 0 amide bonds. The van der Waals surface area contributed by atoms with E-state index in [0.29, 0.717) is 4.58 Å². The van der Waals surface area contributed by atoms with Gasteiger partial charge in [-0.15, -0.1) is 23.5 Å². The molecule has 0 nitrogen and oxygen atoms in total. The topological polar surface area (TPSA) is 0 Å². The lowest BCUT2D eigenvalue weighted by Gasteiger charge is -2.17. The molecule has 110 valence electrons. The number of thioether (sulfide) groups is 2. The van der Waals surface area contributed by atoms with E-state index >= 15 is 0 Å². The molecule has 3 rings (SSSR count). The maximum absolute atomic E-state index is 6.02. The second kappa shape index (κ2) is 7.77. The molecule has 3 aromatic carbocycles. The van der Waals surface area contributed by atoms with Gasteiger partial charge in [-0.25, -0.2) is 0 Å². The molecule has 0 saturated carbocycles. The Balaban J connectivity index is 1.86. The Morgan fingerprint density at radius 1 is 0.591 bits per heavy atom. The predicted molar refractivity (Wildman–Crippen MR) is 98.8 cm³/mol. The van der Waals surface area contributed by atoms with Crippen LogP contribution < -0.4 is 0 Å². The van der Waals surface area contributed by atoms with Gasteiger partial charge in [0.2, 0.25) is 0 Å². The summed E-state index contributed by atoms with van der Waals surface area (Å²) in [4.78, 5) is 2.54. The van der Waals surface area contributed by atoms with E-state index < -0.39 is 0 Å². The molecular formula is C19H15ClS2. The molecule has 0 aliphatic heterocycles. The van der Waals surface area contributed by atoms with Gasteiger partial charge in [0.25, 0.3) is 0 Å². The maximum atomic E-state index is 6.02. The van der Waals surface area contributed by atoms with Crippen molar-refractivity contribution in [2.45, 2.75) is 14.4 Å². The van der Waals surface area contributed by atoms with Gasteiger partial charge in [0, 0.05) is 14.8 Å². The van der Waals surface area contributed by atoms with Gasteiger partial charge in [-0.1, -0.05) is 60.1 Å². The van der Waals surface area contributed by atoms with Crippen LogP contribution in [0.3, 0.4) is 0 Å². The summed E-state index contributed by atoms with van der Waals surface area (Å²) >= 11 is 9.75. The Bertz CT molecular complexity index is 655. The second-order valence-electron chi connectivity index (χ2n) is 4.75. The van der Waals surface area contributed by atoms with E-state index in [0.717, 1.165) is 5.02 Å². The summed E-state index contributed by atoms with van der Waals surface area (Å²) in [6.07, 6.45) is 0. The van der Waals surface area contributed by atoms with Crippen molar-refractivity contribution in [3.63, 3.8) is 0 Å². The van der Waals surface area contributed by atoms with Crippen LogP contribution in [0.4, 0.5) is 0 Å². The highest BCUT2D eigenvalue weighted by Gasteiger charge is 2.15. The van der Waals surface area contributed by atoms with Crippen molar-refractivity contribution in [3.8, 4) is 0 Å². The van der Waals surface area contributed by atoms with Crippen molar-refractivity contribution in [2.24, 2.45) is 0 Å². The monoisotopic (exact) mass is 342 g/mol. The summed E-state index contributed by atoms with van der Waals surface area (Å²) in [5.41, 5.74) is 1.27. The molecule has 0 radical (unpaired) electrons. The van der Waals surface area contributed by atoms with E-state index in [-0.39, 0.29) is 0 Å². The van der Waals surface area contributed by atoms with E-state index in [1.165, 1.54) is 15.4 Å². The zero-order valence-corrected chi connectivity index (χ0v) is 14.2. The maximum Gasteiger partial charge on any atom is 0.0845 e. The van der Waals surface area contributed by atoms with E-state index in [1.807, 2.05) is 47.8 Å². The minimum Gasteiger partial charge on any atom is -0.107 e. The van der Waals surface area contributed by atoms with E-state index in [2.05, 4.69) is 60.7 Å². The van der Waals surface area contributed by atoms with Gasteiger partial charge in [0.15, 0.2) is 0 Å². The first-order valence-corrected chi connectivity index (χ1v) is 9.14. The molecular weight excluding hydrogens is 328 g/mol. The molecule has 3 aromatic rings. The highest BCUT2D eigenvalue weighted by molar-refractivity contribution is 8.16. The number of hydrogen-bond acceptors (Lipinski definition) is 2. The molecule has 0 heterocycles. The quantitative estimate of drug-likeness (QED) is 0.364. The van der Waals surface area contributed by atoms with Crippen LogP contribution in [0.1, 0.15) is 10.1 Å². The molecule has 0 N–H and O–H groups in total. The number of benzene rings is 3. The Kier molecular flexibility index (Phi) is 5.49. The van der Waals surface area contributed by atoms with Gasteiger partial charge < -0.3 is 0 Å². The molecule has 0 saturated heterocycles. The summed E-state index contributed by atoms with van der Waals surface area (Å²) < 4.78 is 0.294.